The van der Waals surface area contributed by atoms with Gasteiger partial charge in [-0.2, -0.15) is 0 Å². The lowest BCUT2D eigenvalue weighted by atomic mass is 10.0. The molecule has 1 fully saturated rings. The fraction of sp³-hybridized carbons (Fsp3) is 0.458. The van der Waals surface area contributed by atoms with Gasteiger partial charge < -0.3 is 25.2 Å². The minimum atomic E-state index is 0.00322. The normalized spacial score (nSPS) is 17.3. The Labute approximate surface area is 185 Å². The van der Waals surface area contributed by atoms with Crippen molar-refractivity contribution in [3.8, 4) is 17.2 Å². The predicted octanol–water partition coefficient (Wildman–Crippen LogP) is 3.13. The number of aliphatic imine (C=N–C) groups is 1. The van der Waals surface area contributed by atoms with Crippen LogP contribution in [0.2, 0.25) is 0 Å². The third-order valence-electron chi connectivity index (χ3n) is 5.40. The molecule has 0 aromatic heterocycles. The van der Waals surface area contributed by atoms with E-state index in [2.05, 4.69) is 52.8 Å². The van der Waals surface area contributed by atoms with Crippen molar-refractivity contribution in [1.29, 1.82) is 0 Å². The molecular weight excluding hydrogens is 392 g/mol. The Hall–Kier alpha value is -2.93. The highest BCUT2D eigenvalue weighted by atomic mass is 16.5. The van der Waals surface area contributed by atoms with Gasteiger partial charge in [0.1, 0.15) is 0 Å². The van der Waals surface area contributed by atoms with E-state index in [-0.39, 0.29) is 5.75 Å². The van der Waals surface area contributed by atoms with Crippen molar-refractivity contribution in [3.63, 3.8) is 0 Å². The van der Waals surface area contributed by atoms with Crippen molar-refractivity contribution in [1.82, 2.24) is 15.5 Å². The number of benzene rings is 2. The molecule has 0 aliphatic carbocycles. The van der Waals surface area contributed by atoms with Crippen LogP contribution in [0.3, 0.4) is 0 Å². The summed E-state index contributed by atoms with van der Waals surface area (Å²) in [5.41, 5.74) is 2.25. The molecule has 2 aromatic carbocycles. The average molecular weight is 427 g/mol. The third-order valence-corrected chi connectivity index (χ3v) is 5.40. The van der Waals surface area contributed by atoms with E-state index in [9.17, 15) is 5.11 Å². The smallest absolute Gasteiger partial charge is 0.200 e. The van der Waals surface area contributed by atoms with Crippen molar-refractivity contribution in [2.75, 3.05) is 33.9 Å². The van der Waals surface area contributed by atoms with Crippen molar-refractivity contribution in [2.24, 2.45) is 4.99 Å². The molecule has 7 heteroatoms. The first-order valence-corrected chi connectivity index (χ1v) is 10.9. The minimum Gasteiger partial charge on any atom is -0.502 e. The number of ether oxygens (including phenoxy) is 2. The molecule has 1 atom stereocenters. The Kier molecular flexibility index (Phi) is 8.41. The van der Waals surface area contributed by atoms with Crippen LogP contribution in [0.15, 0.2) is 47.5 Å². The number of aromatic hydroxyl groups is 1. The lowest BCUT2D eigenvalue weighted by Crippen LogP contribution is -2.50. The van der Waals surface area contributed by atoms with E-state index >= 15 is 0 Å². The van der Waals surface area contributed by atoms with Crippen LogP contribution in [0.1, 0.15) is 30.9 Å². The predicted molar refractivity (Wildman–Crippen MR) is 124 cm³/mol. The van der Waals surface area contributed by atoms with Crippen LogP contribution < -0.4 is 20.1 Å². The van der Waals surface area contributed by atoms with Crippen LogP contribution in [0.4, 0.5) is 0 Å². The Bertz CT molecular complexity index is 832. The third kappa shape index (κ3) is 6.52. The molecule has 1 unspecified atom stereocenters. The molecule has 2 aromatic rings. The number of rotatable bonds is 8. The van der Waals surface area contributed by atoms with Gasteiger partial charge in [-0.3, -0.25) is 4.90 Å². The highest BCUT2D eigenvalue weighted by molar-refractivity contribution is 5.80. The molecule has 0 radical (unpaired) electrons. The van der Waals surface area contributed by atoms with Crippen LogP contribution in [0, 0.1) is 0 Å². The van der Waals surface area contributed by atoms with Crippen molar-refractivity contribution >= 4 is 5.96 Å². The maximum absolute atomic E-state index is 10.1. The highest BCUT2D eigenvalue weighted by Gasteiger charge is 2.21. The molecule has 0 spiro atoms. The average Bonchev–Trinajstić information content (AvgIpc) is 2.79. The van der Waals surface area contributed by atoms with Gasteiger partial charge in [0.25, 0.3) is 0 Å². The first-order valence-electron chi connectivity index (χ1n) is 10.9. The van der Waals surface area contributed by atoms with Crippen LogP contribution in [-0.2, 0) is 13.1 Å². The zero-order valence-electron chi connectivity index (χ0n) is 18.7. The van der Waals surface area contributed by atoms with Crippen molar-refractivity contribution in [2.45, 2.75) is 38.9 Å². The van der Waals surface area contributed by atoms with Gasteiger partial charge >= 0.3 is 0 Å². The van der Waals surface area contributed by atoms with Crippen LogP contribution >= 0.6 is 0 Å². The molecule has 3 N–H and O–H groups in total. The summed E-state index contributed by atoms with van der Waals surface area (Å²) in [5, 5.41) is 17.0. The molecule has 1 saturated heterocycles. The molecule has 0 saturated carbocycles. The molecule has 0 bridgehead atoms. The largest absolute Gasteiger partial charge is 0.502 e. The monoisotopic (exact) mass is 426 g/mol. The highest BCUT2D eigenvalue weighted by Crippen LogP contribution is 2.37. The van der Waals surface area contributed by atoms with Crippen LogP contribution in [0.25, 0.3) is 0 Å². The fourth-order valence-electron chi connectivity index (χ4n) is 3.88. The fourth-order valence-corrected chi connectivity index (χ4v) is 3.88. The zero-order chi connectivity index (χ0) is 22.1. The van der Waals surface area contributed by atoms with Crippen molar-refractivity contribution < 1.29 is 14.6 Å². The van der Waals surface area contributed by atoms with E-state index in [1.165, 1.54) is 19.8 Å². The maximum Gasteiger partial charge on any atom is 0.200 e. The van der Waals surface area contributed by atoms with Gasteiger partial charge in [0.15, 0.2) is 17.5 Å². The molecule has 168 valence electrons. The van der Waals surface area contributed by atoms with Gasteiger partial charge in [0.05, 0.1) is 20.8 Å². The summed E-state index contributed by atoms with van der Waals surface area (Å²) in [7, 11) is 3.05. The summed E-state index contributed by atoms with van der Waals surface area (Å²) >= 11 is 0. The molecule has 0 amide bonds. The first kappa shape index (κ1) is 22.7. The summed E-state index contributed by atoms with van der Waals surface area (Å²) in [6, 6.07) is 14.5. The van der Waals surface area contributed by atoms with Gasteiger partial charge in [-0.25, -0.2) is 4.99 Å². The topological polar surface area (TPSA) is 78.4 Å². The molecular formula is C24H34N4O3. The number of phenols is 1. The molecule has 3 rings (SSSR count). The van der Waals surface area contributed by atoms with Crippen LogP contribution in [0.5, 0.6) is 17.2 Å². The molecule has 31 heavy (non-hydrogen) atoms. The Morgan fingerprint density at radius 1 is 1.13 bits per heavy atom. The summed E-state index contributed by atoms with van der Waals surface area (Å²) in [6.07, 6.45) is 2.28. The Morgan fingerprint density at radius 3 is 2.48 bits per heavy atom. The van der Waals surface area contributed by atoms with Gasteiger partial charge in [-0.15, -0.1) is 0 Å². The number of hydrogen-bond acceptors (Lipinski definition) is 5. The van der Waals surface area contributed by atoms with Crippen LogP contribution in [-0.4, -0.2) is 55.9 Å². The summed E-state index contributed by atoms with van der Waals surface area (Å²) in [6.45, 7) is 6.37. The number of nitrogens with one attached hydrogen (secondary N) is 2. The molecule has 7 nitrogen and oxygen atoms in total. The second kappa shape index (κ2) is 11.5. The number of likely N-dealkylation sites (tertiary alicyclic amines) is 1. The number of nitrogens with zero attached hydrogens (tertiary/aromatic N) is 2. The van der Waals surface area contributed by atoms with E-state index in [1.807, 2.05) is 0 Å². The van der Waals surface area contributed by atoms with E-state index in [4.69, 9.17) is 14.5 Å². The van der Waals surface area contributed by atoms with Gasteiger partial charge in [-0.05, 0) is 49.6 Å². The first-order chi connectivity index (χ1) is 15.1. The summed E-state index contributed by atoms with van der Waals surface area (Å²) < 4.78 is 10.5. The Balaban J connectivity index is 1.64. The number of methoxy groups -OCH3 is 2. The molecule has 1 aliphatic rings. The van der Waals surface area contributed by atoms with Gasteiger partial charge in [-0.1, -0.05) is 30.3 Å². The van der Waals surface area contributed by atoms with Gasteiger partial charge in [0, 0.05) is 25.7 Å². The lowest BCUT2D eigenvalue weighted by molar-refractivity contribution is 0.192. The zero-order valence-corrected chi connectivity index (χ0v) is 18.7. The Morgan fingerprint density at radius 2 is 1.84 bits per heavy atom. The summed E-state index contributed by atoms with van der Waals surface area (Å²) in [4.78, 5) is 7.25. The van der Waals surface area contributed by atoms with E-state index in [1.54, 1.807) is 12.1 Å². The van der Waals surface area contributed by atoms with Crippen molar-refractivity contribution in [3.05, 3.63) is 53.6 Å². The maximum atomic E-state index is 10.1. The lowest BCUT2D eigenvalue weighted by Gasteiger charge is -2.34. The van der Waals surface area contributed by atoms with E-state index < -0.39 is 0 Å². The quantitative estimate of drug-likeness (QED) is 0.445. The molecule has 1 heterocycles. The van der Waals surface area contributed by atoms with E-state index in [0.29, 0.717) is 24.1 Å². The number of hydrogen-bond donors (Lipinski definition) is 3. The standard InChI is InChI=1S/C24H34N4O3/c1-4-25-24(26-15-19-13-21(30-2)23(29)22(14-19)31-3)27-20-11-8-12-28(17-20)16-18-9-6-5-7-10-18/h5-7,9-10,13-14,20,29H,4,8,11-12,15-17H2,1-3H3,(H2,25,26,27). The van der Waals surface area contributed by atoms with E-state index in [0.717, 1.165) is 50.5 Å². The SMILES string of the molecule is CCNC(=NCc1cc(OC)c(O)c(OC)c1)NC1CCCN(Cc2ccccc2)C1. The van der Waals surface area contributed by atoms with Gasteiger partial charge in [0.2, 0.25) is 5.75 Å². The summed E-state index contributed by atoms with van der Waals surface area (Å²) in [5.74, 6) is 1.56. The number of guanidine groups is 1. The minimum absolute atomic E-state index is 0.00322. The number of phenolic OH excluding ortho intramolecular Hbond substituents is 1. The molecule has 1 aliphatic heterocycles. The second-order valence-electron chi connectivity index (χ2n) is 7.75. The second-order valence-corrected chi connectivity index (χ2v) is 7.75. The number of piperidine rings is 1.